The first kappa shape index (κ1) is 15.7. The van der Waals surface area contributed by atoms with E-state index in [2.05, 4.69) is 4.90 Å². The summed E-state index contributed by atoms with van der Waals surface area (Å²) in [5.74, 6) is 0.868. The Balaban J connectivity index is 1.70. The highest BCUT2D eigenvalue weighted by molar-refractivity contribution is 7.88. The molecule has 1 atom stereocenters. The predicted molar refractivity (Wildman–Crippen MR) is 82.7 cm³/mol. The summed E-state index contributed by atoms with van der Waals surface area (Å²) in [6, 6.07) is 0.528. The number of hydrogen-bond acceptors (Lipinski definition) is 4. The smallest absolute Gasteiger partial charge is 0.211 e. The van der Waals surface area contributed by atoms with Crippen LogP contribution in [0.4, 0.5) is 0 Å². The van der Waals surface area contributed by atoms with Crippen molar-refractivity contribution < 1.29 is 13.2 Å². The minimum atomic E-state index is -3.03. The molecule has 1 saturated carbocycles. The van der Waals surface area contributed by atoms with Crippen molar-refractivity contribution in [3.05, 3.63) is 0 Å². The van der Waals surface area contributed by atoms with Crippen molar-refractivity contribution in [2.24, 2.45) is 5.92 Å². The molecular formula is C15H28N2O3S. The first-order valence-electron chi connectivity index (χ1n) is 8.15. The van der Waals surface area contributed by atoms with Crippen LogP contribution in [0.5, 0.6) is 0 Å². The van der Waals surface area contributed by atoms with Gasteiger partial charge in [-0.3, -0.25) is 4.90 Å². The fourth-order valence-electron chi connectivity index (χ4n) is 4.18. The molecule has 0 aromatic carbocycles. The third kappa shape index (κ3) is 3.28. The topological polar surface area (TPSA) is 49.9 Å². The molecule has 0 aromatic rings. The molecule has 2 saturated heterocycles. The molecule has 0 radical (unpaired) electrons. The van der Waals surface area contributed by atoms with Crippen molar-refractivity contribution in [3.8, 4) is 0 Å². The quantitative estimate of drug-likeness (QED) is 0.767. The minimum absolute atomic E-state index is 0.229. The van der Waals surface area contributed by atoms with Crippen LogP contribution in [0.2, 0.25) is 0 Å². The van der Waals surface area contributed by atoms with Crippen LogP contribution < -0.4 is 0 Å². The average Bonchev–Trinajstić information content (AvgIpc) is 3.19. The lowest BCUT2D eigenvalue weighted by molar-refractivity contribution is 0.0210. The van der Waals surface area contributed by atoms with Gasteiger partial charge in [0.15, 0.2) is 0 Å². The number of sulfonamides is 1. The van der Waals surface area contributed by atoms with Crippen molar-refractivity contribution in [1.29, 1.82) is 0 Å². The molecule has 3 aliphatic rings. The summed E-state index contributed by atoms with van der Waals surface area (Å²) in [4.78, 5) is 2.69. The second-order valence-corrected chi connectivity index (χ2v) is 9.11. The van der Waals surface area contributed by atoms with Gasteiger partial charge in [-0.25, -0.2) is 12.7 Å². The van der Waals surface area contributed by atoms with Gasteiger partial charge in [0, 0.05) is 38.3 Å². The molecule has 1 aliphatic carbocycles. The van der Waals surface area contributed by atoms with Gasteiger partial charge in [-0.15, -0.1) is 0 Å². The molecule has 5 nitrogen and oxygen atoms in total. The number of nitrogens with zero attached hydrogens (tertiary/aromatic N) is 2. The van der Waals surface area contributed by atoms with E-state index in [0.717, 1.165) is 25.4 Å². The predicted octanol–water partition coefficient (Wildman–Crippen LogP) is 1.30. The van der Waals surface area contributed by atoms with Gasteiger partial charge in [-0.05, 0) is 44.4 Å². The van der Waals surface area contributed by atoms with Crippen LogP contribution in [0.15, 0.2) is 0 Å². The zero-order valence-corrected chi connectivity index (χ0v) is 14.1. The molecule has 6 heteroatoms. The highest BCUT2D eigenvalue weighted by Gasteiger charge is 2.49. The molecule has 3 rings (SSSR count). The lowest BCUT2D eigenvalue weighted by Gasteiger charge is -2.46. The lowest BCUT2D eigenvalue weighted by atomic mass is 9.85. The summed E-state index contributed by atoms with van der Waals surface area (Å²) >= 11 is 0. The summed E-state index contributed by atoms with van der Waals surface area (Å²) in [6.45, 7) is 3.36. The number of ether oxygens (including phenoxy) is 1. The van der Waals surface area contributed by atoms with Crippen molar-refractivity contribution in [2.45, 2.75) is 50.1 Å². The third-order valence-corrected chi connectivity index (χ3v) is 6.93. The molecule has 0 amide bonds. The second kappa shape index (κ2) is 5.80. The maximum atomic E-state index is 11.7. The first-order chi connectivity index (χ1) is 9.94. The summed E-state index contributed by atoms with van der Waals surface area (Å²) < 4.78 is 30.5. The van der Waals surface area contributed by atoms with Crippen LogP contribution in [-0.4, -0.2) is 68.8 Å². The van der Waals surface area contributed by atoms with Gasteiger partial charge < -0.3 is 4.74 Å². The van der Waals surface area contributed by atoms with E-state index in [1.54, 1.807) is 11.4 Å². The van der Waals surface area contributed by atoms with E-state index < -0.39 is 10.0 Å². The normalized spacial score (nSPS) is 31.0. The number of likely N-dealkylation sites (tertiary alicyclic amines) is 1. The van der Waals surface area contributed by atoms with Gasteiger partial charge in [-0.2, -0.15) is 0 Å². The average molecular weight is 316 g/mol. The van der Waals surface area contributed by atoms with Gasteiger partial charge in [0.1, 0.15) is 0 Å². The molecule has 122 valence electrons. The Hall–Kier alpha value is -0.170. The van der Waals surface area contributed by atoms with Crippen LogP contribution >= 0.6 is 0 Å². The standard InChI is InChI=1S/C15H28N2O3S/c1-20-12-14-5-6-15(17(14)11-13-3-4-13)7-9-16(10-8-15)21(2,18)19/h13-14H,3-12H2,1-2H3/t14-/m0/s1. The van der Waals surface area contributed by atoms with Crippen molar-refractivity contribution in [3.63, 3.8) is 0 Å². The zero-order chi connectivity index (χ0) is 15.1. The highest BCUT2D eigenvalue weighted by Crippen LogP contribution is 2.44. The fraction of sp³-hybridized carbons (Fsp3) is 1.00. The molecule has 0 bridgehead atoms. The van der Waals surface area contributed by atoms with E-state index in [0.29, 0.717) is 19.1 Å². The molecule has 2 aliphatic heterocycles. The van der Waals surface area contributed by atoms with E-state index in [9.17, 15) is 8.42 Å². The molecule has 0 aromatic heterocycles. The summed E-state index contributed by atoms with van der Waals surface area (Å²) in [7, 11) is -1.25. The Morgan fingerprint density at radius 1 is 1.14 bits per heavy atom. The maximum absolute atomic E-state index is 11.7. The third-order valence-electron chi connectivity index (χ3n) is 5.63. The first-order valence-corrected chi connectivity index (χ1v) is 10.0. The second-order valence-electron chi connectivity index (χ2n) is 7.13. The van der Waals surface area contributed by atoms with Crippen LogP contribution in [0.25, 0.3) is 0 Å². The lowest BCUT2D eigenvalue weighted by Crippen LogP contribution is -2.55. The van der Waals surface area contributed by atoms with Gasteiger partial charge in [-0.1, -0.05) is 0 Å². The number of rotatable bonds is 5. The molecule has 2 heterocycles. The van der Waals surface area contributed by atoms with Gasteiger partial charge in [0.25, 0.3) is 0 Å². The van der Waals surface area contributed by atoms with Crippen LogP contribution in [0.1, 0.15) is 38.5 Å². The molecule has 21 heavy (non-hydrogen) atoms. The monoisotopic (exact) mass is 316 g/mol. The number of hydrogen-bond donors (Lipinski definition) is 0. The molecule has 0 N–H and O–H groups in total. The molecule has 3 fully saturated rings. The number of piperidine rings is 1. The van der Waals surface area contributed by atoms with Crippen LogP contribution in [0.3, 0.4) is 0 Å². The SMILES string of the molecule is COC[C@@H]1CCC2(CCN(S(C)(=O)=O)CC2)N1CC1CC1. The van der Waals surface area contributed by atoms with Crippen LogP contribution in [0, 0.1) is 5.92 Å². The Morgan fingerprint density at radius 2 is 1.81 bits per heavy atom. The van der Waals surface area contributed by atoms with Gasteiger partial charge in [0.05, 0.1) is 12.9 Å². The summed E-state index contributed by atoms with van der Waals surface area (Å²) in [5.41, 5.74) is 0.229. The van der Waals surface area contributed by atoms with Gasteiger partial charge in [0.2, 0.25) is 10.0 Å². The summed E-state index contributed by atoms with van der Waals surface area (Å²) in [6.07, 6.45) is 8.41. The Bertz CT molecular complexity index is 467. The van der Waals surface area contributed by atoms with E-state index in [-0.39, 0.29) is 5.54 Å². The van der Waals surface area contributed by atoms with E-state index in [1.807, 2.05) is 0 Å². The Labute approximate surface area is 128 Å². The fourth-order valence-corrected chi connectivity index (χ4v) is 5.03. The molecule has 0 unspecified atom stereocenters. The van der Waals surface area contributed by atoms with E-state index in [4.69, 9.17) is 4.74 Å². The van der Waals surface area contributed by atoms with Crippen molar-refractivity contribution in [2.75, 3.05) is 39.6 Å². The van der Waals surface area contributed by atoms with Crippen LogP contribution in [-0.2, 0) is 14.8 Å². The van der Waals surface area contributed by atoms with Crippen molar-refractivity contribution >= 4 is 10.0 Å². The maximum Gasteiger partial charge on any atom is 0.211 e. The highest BCUT2D eigenvalue weighted by atomic mass is 32.2. The van der Waals surface area contributed by atoms with Crippen molar-refractivity contribution in [1.82, 2.24) is 9.21 Å². The Kier molecular flexibility index (Phi) is 4.34. The minimum Gasteiger partial charge on any atom is -0.383 e. The Morgan fingerprint density at radius 3 is 2.33 bits per heavy atom. The van der Waals surface area contributed by atoms with E-state index in [1.165, 1.54) is 38.5 Å². The number of methoxy groups -OCH3 is 1. The largest absolute Gasteiger partial charge is 0.383 e. The zero-order valence-electron chi connectivity index (χ0n) is 13.3. The molecule has 1 spiro atoms. The van der Waals surface area contributed by atoms with Gasteiger partial charge >= 0.3 is 0 Å². The van der Waals surface area contributed by atoms with E-state index >= 15 is 0 Å². The summed E-state index contributed by atoms with van der Waals surface area (Å²) in [5, 5.41) is 0. The molecular weight excluding hydrogens is 288 g/mol.